The van der Waals surface area contributed by atoms with Crippen molar-refractivity contribution in [1.29, 1.82) is 0 Å². The van der Waals surface area contributed by atoms with Gasteiger partial charge in [-0.15, -0.1) is 0 Å². The van der Waals surface area contributed by atoms with Crippen LogP contribution in [0, 0.1) is 6.92 Å². The number of amides is 1. The zero-order valence-electron chi connectivity index (χ0n) is 18.0. The van der Waals surface area contributed by atoms with Gasteiger partial charge in [0.15, 0.2) is 0 Å². The second-order valence-corrected chi connectivity index (χ2v) is 7.96. The van der Waals surface area contributed by atoms with Gasteiger partial charge in [0.25, 0.3) is 5.91 Å². The lowest BCUT2D eigenvalue weighted by Gasteiger charge is -2.09. The number of nitrogens with zero attached hydrogens (tertiary/aromatic N) is 2. The van der Waals surface area contributed by atoms with Crippen molar-refractivity contribution in [1.82, 2.24) is 10.4 Å². The number of hydrogen-bond acceptors (Lipinski definition) is 3. The Bertz CT molecular complexity index is 1240. The Labute approximate surface area is 182 Å². The number of benzene rings is 3. The SMILES string of the molecule is Cc1ccc(-c2cc(C(=O)NN=Cc3ccc(C(C)C)cc3)c3ccccc3n2)cc1. The molecule has 3 aromatic carbocycles. The van der Waals surface area contributed by atoms with Crippen LogP contribution in [0.4, 0.5) is 0 Å². The Balaban J connectivity index is 1.61. The number of rotatable bonds is 5. The lowest BCUT2D eigenvalue weighted by atomic mass is 10.0. The van der Waals surface area contributed by atoms with Crippen LogP contribution in [0.5, 0.6) is 0 Å². The average molecular weight is 408 g/mol. The third kappa shape index (κ3) is 4.69. The standard InChI is InChI=1S/C27H25N3O/c1-18(2)21-14-10-20(11-15-21)17-28-30-27(31)24-16-26(22-12-8-19(3)9-13-22)29-25-7-5-4-6-23(24)25/h4-18H,1-3H3,(H,30,31). The lowest BCUT2D eigenvalue weighted by molar-refractivity contribution is 0.0956. The highest BCUT2D eigenvalue weighted by molar-refractivity contribution is 6.07. The first kappa shape index (κ1) is 20.5. The van der Waals surface area contributed by atoms with Gasteiger partial charge in [0.1, 0.15) is 0 Å². The third-order valence-corrected chi connectivity index (χ3v) is 5.29. The van der Waals surface area contributed by atoms with Gasteiger partial charge in [-0.3, -0.25) is 4.79 Å². The molecule has 0 atom stereocenters. The Morgan fingerprint density at radius 2 is 1.68 bits per heavy atom. The number of aromatic nitrogens is 1. The van der Waals surface area contributed by atoms with Crippen molar-refractivity contribution >= 4 is 23.0 Å². The van der Waals surface area contributed by atoms with E-state index in [-0.39, 0.29) is 5.91 Å². The molecule has 0 saturated carbocycles. The fraction of sp³-hybridized carbons (Fsp3) is 0.148. The van der Waals surface area contributed by atoms with Crippen molar-refractivity contribution in [3.63, 3.8) is 0 Å². The zero-order valence-corrected chi connectivity index (χ0v) is 18.0. The van der Waals surface area contributed by atoms with E-state index in [1.165, 1.54) is 11.1 Å². The molecule has 0 saturated heterocycles. The number of hydrogen-bond donors (Lipinski definition) is 1. The Hall–Kier alpha value is -3.79. The van der Waals surface area contributed by atoms with Gasteiger partial charge in [-0.25, -0.2) is 10.4 Å². The summed E-state index contributed by atoms with van der Waals surface area (Å²) >= 11 is 0. The van der Waals surface area contributed by atoms with E-state index in [2.05, 4.69) is 36.5 Å². The summed E-state index contributed by atoms with van der Waals surface area (Å²) in [6, 6.07) is 25.8. The van der Waals surface area contributed by atoms with E-state index >= 15 is 0 Å². The van der Waals surface area contributed by atoms with Gasteiger partial charge in [-0.2, -0.15) is 5.10 Å². The van der Waals surface area contributed by atoms with Crippen molar-refractivity contribution < 1.29 is 4.79 Å². The minimum Gasteiger partial charge on any atom is -0.267 e. The molecule has 0 spiro atoms. The van der Waals surface area contributed by atoms with Crippen LogP contribution in [0.15, 0.2) is 84.0 Å². The van der Waals surface area contributed by atoms with Gasteiger partial charge in [0.05, 0.1) is 23.0 Å². The number of hydrazone groups is 1. The molecule has 4 aromatic rings. The molecule has 1 amide bonds. The van der Waals surface area contributed by atoms with Gasteiger partial charge >= 0.3 is 0 Å². The zero-order chi connectivity index (χ0) is 21.8. The van der Waals surface area contributed by atoms with Gasteiger partial charge in [0, 0.05) is 10.9 Å². The highest BCUT2D eigenvalue weighted by Gasteiger charge is 2.13. The first-order valence-electron chi connectivity index (χ1n) is 10.4. The van der Waals surface area contributed by atoms with E-state index in [0.717, 1.165) is 27.7 Å². The van der Waals surface area contributed by atoms with E-state index in [1.54, 1.807) is 6.21 Å². The number of pyridine rings is 1. The number of aryl methyl sites for hydroxylation is 1. The molecule has 0 unspecified atom stereocenters. The fourth-order valence-electron chi connectivity index (χ4n) is 3.43. The number of nitrogens with one attached hydrogen (secondary N) is 1. The summed E-state index contributed by atoms with van der Waals surface area (Å²) in [6.07, 6.45) is 1.66. The quantitative estimate of drug-likeness (QED) is 0.321. The van der Waals surface area contributed by atoms with E-state index in [1.807, 2.05) is 73.7 Å². The minimum atomic E-state index is -0.262. The van der Waals surface area contributed by atoms with E-state index in [0.29, 0.717) is 11.5 Å². The third-order valence-electron chi connectivity index (χ3n) is 5.29. The van der Waals surface area contributed by atoms with E-state index in [4.69, 9.17) is 4.98 Å². The summed E-state index contributed by atoms with van der Waals surface area (Å²) in [5.41, 5.74) is 9.11. The van der Waals surface area contributed by atoms with Crippen LogP contribution >= 0.6 is 0 Å². The van der Waals surface area contributed by atoms with Gasteiger partial charge in [-0.1, -0.05) is 86.1 Å². The Kier molecular flexibility index (Phi) is 5.89. The maximum Gasteiger partial charge on any atom is 0.272 e. The largest absolute Gasteiger partial charge is 0.272 e. The van der Waals surface area contributed by atoms with Crippen LogP contribution in [0.2, 0.25) is 0 Å². The maximum absolute atomic E-state index is 13.0. The number of carbonyl (C=O) groups excluding carboxylic acids is 1. The predicted molar refractivity (Wildman–Crippen MR) is 128 cm³/mol. The minimum absolute atomic E-state index is 0.262. The normalized spacial score (nSPS) is 11.4. The number of carbonyl (C=O) groups is 1. The molecular weight excluding hydrogens is 382 g/mol. The molecule has 1 aromatic heterocycles. The topological polar surface area (TPSA) is 54.4 Å². The van der Waals surface area contributed by atoms with Crippen molar-refractivity contribution in [2.75, 3.05) is 0 Å². The molecule has 0 radical (unpaired) electrons. The summed E-state index contributed by atoms with van der Waals surface area (Å²) < 4.78 is 0. The van der Waals surface area contributed by atoms with Crippen molar-refractivity contribution in [3.05, 3.63) is 101 Å². The Morgan fingerprint density at radius 3 is 2.39 bits per heavy atom. The first-order chi connectivity index (χ1) is 15.0. The smallest absolute Gasteiger partial charge is 0.267 e. The fourth-order valence-corrected chi connectivity index (χ4v) is 3.43. The van der Waals surface area contributed by atoms with E-state index in [9.17, 15) is 4.79 Å². The molecule has 0 bridgehead atoms. The lowest BCUT2D eigenvalue weighted by Crippen LogP contribution is -2.18. The van der Waals surface area contributed by atoms with Crippen LogP contribution in [0.3, 0.4) is 0 Å². The van der Waals surface area contributed by atoms with E-state index < -0.39 is 0 Å². The van der Waals surface area contributed by atoms with Gasteiger partial charge < -0.3 is 0 Å². The van der Waals surface area contributed by atoms with Crippen LogP contribution in [-0.4, -0.2) is 17.1 Å². The molecule has 0 aliphatic rings. The van der Waals surface area contributed by atoms with Crippen LogP contribution < -0.4 is 5.43 Å². The van der Waals surface area contributed by atoms with Crippen LogP contribution in [0.1, 0.15) is 46.8 Å². The first-order valence-corrected chi connectivity index (χ1v) is 10.4. The molecular formula is C27H25N3O. The summed E-state index contributed by atoms with van der Waals surface area (Å²) in [5.74, 6) is 0.218. The second-order valence-electron chi connectivity index (χ2n) is 7.96. The monoisotopic (exact) mass is 407 g/mol. The van der Waals surface area contributed by atoms with Crippen LogP contribution in [0.25, 0.3) is 22.2 Å². The molecule has 4 heteroatoms. The summed E-state index contributed by atoms with van der Waals surface area (Å²) in [5, 5.41) is 4.97. The van der Waals surface area contributed by atoms with Crippen LogP contribution in [-0.2, 0) is 0 Å². The summed E-state index contributed by atoms with van der Waals surface area (Å²) in [6.45, 7) is 6.37. The molecule has 0 aliphatic carbocycles. The second kappa shape index (κ2) is 8.92. The van der Waals surface area contributed by atoms with Crippen molar-refractivity contribution in [2.24, 2.45) is 5.10 Å². The molecule has 1 heterocycles. The van der Waals surface area contributed by atoms with Crippen molar-refractivity contribution in [3.8, 4) is 11.3 Å². The predicted octanol–water partition coefficient (Wildman–Crippen LogP) is 6.10. The van der Waals surface area contributed by atoms with Gasteiger partial charge in [-0.05, 0) is 36.1 Å². The highest BCUT2D eigenvalue weighted by atomic mass is 16.2. The van der Waals surface area contributed by atoms with Crippen molar-refractivity contribution in [2.45, 2.75) is 26.7 Å². The maximum atomic E-state index is 13.0. The molecule has 154 valence electrons. The Morgan fingerprint density at radius 1 is 0.968 bits per heavy atom. The highest BCUT2D eigenvalue weighted by Crippen LogP contribution is 2.25. The molecule has 4 nitrogen and oxygen atoms in total. The number of para-hydroxylation sites is 1. The molecule has 0 fully saturated rings. The summed E-state index contributed by atoms with van der Waals surface area (Å²) in [4.78, 5) is 17.7. The summed E-state index contributed by atoms with van der Waals surface area (Å²) in [7, 11) is 0. The number of fused-ring (bicyclic) bond motifs is 1. The average Bonchev–Trinajstić information content (AvgIpc) is 2.79. The molecule has 0 aliphatic heterocycles. The molecule has 31 heavy (non-hydrogen) atoms. The molecule has 4 rings (SSSR count). The molecule has 1 N–H and O–H groups in total. The van der Waals surface area contributed by atoms with Gasteiger partial charge in [0.2, 0.25) is 0 Å².